The number of rotatable bonds is 7. The Bertz CT molecular complexity index is 777. The van der Waals surface area contributed by atoms with E-state index in [1.807, 2.05) is 58.9 Å². The number of aryl methyl sites for hydroxylation is 1. The van der Waals surface area contributed by atoms with Crippen molar-refractivity contribution in [3.63, 3.8) is 0 Å². The molecule has 0 saturated heterocycles. The van der Waals surface area contributed by atoms with E-state index in [1.54, 1.807) is 0 Å². The number of allylic oxidation sites excluding steroid dienone is 5. The highest BCUT2D eigenvalue weighted by molar-refractivity contribution is 7.81. The number of thiol groups is 1. The number of benzene rings is 2. The van der Waals surface area contributed by atoms with Crippen molar-refractivity contribution in [3.05, 3.63) is 96.2 Å². The predicted molar refractivity (Wildman–Crippen MR) is 142 cm³/mol. The number of anilines is 2. The summed E-state index contributed by atoms with van der Waals surface area (Å²) < 4.78 is -0.00524. The molecular weight excluding hydrogens is 382 g/mol. The zero-order valence-electron chi connectivity index (χ0n) is 20.2. The largest absolute Gasteiger partial charge is 0.317 e. The van der Waals surface area contributed by atoms with Crippen molar-refractivity contribution < 1.29 is 0 Å². The van der Waals surface area contributed by atoms with E-state index in [0.717, 1.165) is 12.1 Å². The molecule has 0 amide bonds. The van der Waals surface area contributed by atoms with E-state index < -0.39 is 0 Å². The molecule has 30 heavy (non-hydrogen) atoms. The minimum atomic E-state index is -0.00524. The first-order chi connectivity index (χ1) is 14.4. The standard InChI is InChI=1S/C24H29NS.2C2H6/c1-5-6-7-8-11-18-25(23-13-10-9-12-20(23)2)22-16-14-21(15-17-22)19-24(3,4)26;2*1-2/h5-18,26H,19H2,1-4H3;2*1-2H3/b6-5-,8-7-,18-11+;;. The second kappa shape index (κ2) is 15.6. The summed E-state index contributed by atoms with van der Waals surface area (Å²) in [5, 5.41) is 0. The Kier molecular flexibility index (Phi) is 14.5. The maximum absolute atomic E-state index is 4.64. The first-order valence-electron chi connectivity index (χ1n) is 11.0. The minimum absolute atomic E-state index is 0.00524. The van der Waals surface area contributed by atoms with Crippen LogP contribution in [0.5, 0.6) is 0 Å². The van der Waals surface area contributed by atoms with Crippen LogP contribution in [0.15, 0.2) is 85.1 Å². The minimum Gasteiger partial charge on any atom is -0.317 e. The maximum Gasteiger partial charge on any atom is 0.0484 e. The van der Waals surface area contributed by atoms with Gasteiger partial charge in [0, 0.05) is 22.3 Å². The Morgan fingerprint density at radius 2 is 1.40 bits per heavy atom. The molecule has 0 radical (unpaired) electrons. The summed E-state index contributed by atoms with van der Waals surface area (Å²) >= 11 is 4.64. The molecule has 0 bridgehead atoms. The van der Waals surface area contributed by atoms with Crippen LogP contribution in [0.3, 0.4) is 0 Å². The van der Waals surface area contributed by atoms with Crippen LogP contribution in [0.25, 0.3) is 0 Å². The van der Waals surface area contributed by atoms with Gasteiger partial charge in [-0.15, -0.1) is 0 Å². The first kappa shape index (κ1) is 27.8. The van der Waals surface area contributed by atoms with Crippen molar-refractivity contribution in [2.24, 2.45) is 0 Å². The van der Waals surface area contributed by atoms with E-state index in [2.05, 4.69) is 99.1 Å². The van der Waals surface area contributed by atoms with Gasteiger partial charge in [0.05, 0.1) is 0 Å². The van der Waals surface area contributed by atoms with Gasteiger partial charge in [-0.3, -0.25) is 0 Å². The molecule has 0 N–H and O–H groups in total. The lowest BCUT2D eigenvalue weighted by molar-refractivity contribution is 0.715. The fourth-order valence-electron chi connectivity index (χ4n) is 2.79. The Labute approximate surface area is 191 Å². The topological polar surface area (TPSA) is 3.24 Å². The van der Waals surface area contributed by atoms with Crippen LogP contribution in [0.1, 0.15) is 59.6 Å². The lowest BCUT2D eigenvalue weighted by Crippen LogP contribution is -2.14. The summed E-state index contributed by atoms with van der Waals surface area (Å²) in [7, 11) is 0. The monoisotopic (exact) mass is 423 g/mol. The molecular formula is C28H41NS. The molecule has 164 valence electrons. The van der Waals surface area contributed by atoms with Crippen LogP contribution < -0.4 is 4.90 Å². The summed E-state index contributed by atoms with van der Waals surface area (Å²) in [6.07, 6.45) is 13.2. The summed E-state index contributed by atoms with van der Waals surface area (Å²) in [5.74, 6) is 0. The van der Waals surface area contributed by atoms with Gasteiger partial charge < -0.3 is 4.90 Å². The summed E-state index contributed by atoms with van der Waals surface area (Å²) in [6, 6.07) is 17.2. The number of hydrogen-bond acceptors (Lipinski definition) is 2. The number of nitrogens with zero attached hydrogens (tertiary/aromatic N) is 1. The van der Waals surface area contributed by atoms with Crippen molar-refractivity contribution in [1.29, 1.82) is 0 Å². The van der Waals surface area contributed by atoms with Crippen molar-refractivity contribution in [2.45, 2.75) is 66.6 Å². The molecule has 0 aromatic heterocycles. The Hall–Kier alpha value is -2.19. The van der Waals surface area contributed by atoms with E-state index in [9.17, 15) is 0 Å². The van der Waals surface area contributed by atoms with Gasteiger partial charge in [0.25, 0.3) is 0 Å². The summed E-state index contributed by atoms with van der Waals surface area (Å²) in [5.41, 5.74) is 4.88. The Balaban J connectivity index is 0.00000198. The fraction of sp³-hybridized carbons (Fsp3) is 0.357. The highest BCUT2D eigenvalue weighted by Gasteiger charge is 2.13. The fourth-order valence-corrected chi connectivity index (χ4v) is 2.97. The Morgan fingerprint density at radius 3 is 1.93 bits per heavy atom. The average Bonchev–Trinajstić information content (AvgIpc) is 2.74. The van der Waals surface area contributed by atoms with Crippen molar-refractivity contribution in [1.82, 2.24) is 0 Å². The quantitative estimate of drug-likeness (QED) is 0.343. The van der Waals surface area contributed by atoms with E-state index in [4.69, 9.17) is 0 Å². The van der Waals surface area contributed by atoms with Crippen molar-refractivity contribution in [3.8, 4) is 0 Å². The van der Waals surface area contributed by atoms with E-state index in [-0.39, 0.29) is 4.75 Å². The van der Waals surface area contributed by atoms with Gasteiger partial charge in [-0.2, -0.15) is 12.6 Å². The van der Waals surface area contributed by atoms with Gasteiger partial charge in [-0.25, -0.2) is 0 Å². The highest BCUT2D eigenvalue weighted by atomic mass is 32.1. The van der Waals surface area contributed by atoms with Crippen LogP contribution in [0, 0.1) is 6.92 Å². The molecule has 0 fully saturated rings. The van der Waals surface area contributed by atoms with Crippen LogP contribution >= 0.6 is 12.6 Å². The molecule has 2 aromatic carbocycles. The van der Waals surface area contributed by atoms with Crippen molar-refractivity contribution in [2.75, 3.05) is 4.90 Å². The molecule has 0 atom stereocenters. The van der Waals surface area contributed by atoms with Crippen LogP contribution in [-0.4, -0.2) is 4.75 Å². The molecule has 0 saturated carbocycles. The van der Waals surface area contributed by atoms with Crippen molar-refractivity contribution >= 4 is 24.0 Å². The highest BCUT2D eigenvalue weighted by Crippen LogP contribution is 2.30. The predicted octanol–water partition coefficient (Wildman–Crippen LogP) is 9.08. The Morgan fingerprint density at radius 1 is 0.833 bits per heavy atom. The SMILES string of the molecule is CC.CC.C\C=C/C=C\C=C\N(c1ccc(CC(C)(C)S)cc1)c1ccccc1C. The first-order valence-corrected chi connectivity index (χ1v) is 11.5. The third kappa shape index (κ3) is 10.5. The lowest BCUT2D eigenvalue weighted by atomic mass is 10.0. The zero-order valence-corrected chi connectivity index (χ0v) is 21.1. The molecule has 0 aliphatic carbocycles. The average molecular weight is 424 g/mol. The van der Waals surface area contributed by atoms with Crippen LogP contribution in [-0.2, 0) is 6.42 Å². The van der Waals surface area contributed by atoms with Crippen LogP contribution in [0.4, 0.5) is 11.4 Å². The second-order valence-corrected chi connectivity index (χ2v) is 8.28. The molecule has 0 aliphatic rings. The van der Waals surface area contributed by atoms with Crippen LogP contribution in [0.2, 0.25) is 0 Å². The molecule has 0 heterocycles. The third-order valence-electron chi connectivity index (χ3n) is 3.99. The number of para-hydroxylation sites is 1. The maximum atomic E-state index is 4.64. The normalized spacial score (nSPS) is 11.2. The van der Waals surface area contributed by atoms with E-state index in [1.165, 1.54) is 16.8 Å². The second-order valence-electron chi connectivity index (χ2n) is 7.06. The lowest BCUT2D eigenvalue weighted by Gasteiger charge is -2.23. The molecule has 0 unspecified atom stereocenters. The van der Waals surface area contributed by atoms with Gasteiger partial charge in [0.1, 0.15) is 0 Å². The number of hydrogen-bond donors (Lipinski definition) is 1. The van der Waals surface area contributed by atoms with Gasteiger partial charge in [-0.1, -0.05) is 96.2 Å². The molecule has 2 heteroatoms. The van der Waals surface area contributed by atoms with Gasteiger partial charge in [0.2, 0.25) is 0 Å². The molecule has 1 nitrogen and oxygen atoms in total. The van der Waals surface area contributed by atoms with E-state index >= 15 is 0 Å². The molecule has 0 spiro atoms. The molecule has 2 rings (SSSR count). The smallest absolute Gasteiger partial charge is 0.0484 e. The third-order valence-corrected chi connectivity index (χ3v) is 4.15. The van der Waals surface area contributed by atoms with Gasteiger partial charge in [0.15, 0.2) is 0 Å². The van der Waals surface area contributed by atoms with Gasteiger partial charge >= 0.3 is 0 Å². The molecule has 2 aromatic rings. The summed E-state index contributed by atoms with van der Waals surface area (Å²) in [4.78, 5) is 2.23. The van der Waals surface area contributed by atoms with Gasteiger partial charge in [-0.05, 0) is 55.7 Å². The van der Waals surface area contributed by atoms with E-state index in [0.29, 0.717) is 0 Å². The zero-order chi connectivity index (χ0) is 23.0. The molecule has 0 aliphatic heterocycles. The summed E-state index contributed by atoms with van der Waals surface area (Å²) in [6.45, 7) is 16.4.